The molecule has 5 nitrogen and oxygen atoms in total. The fourth-order valence-corrected chi connectivity index (χ4v) is 4.95. The zero-order valence-electron chi connectivity index (χ0n) is 16.3. The van der Waals surface area contributed by atoms with E-state index >= 15 is 0 Å². The summed E-state index contributed by atoms with van der Waals surface area (Å²) in [7, 11) is 0. The van der Waals surface area contributed by atoms with E-state index in [1.807, 2.05) is 0 Å². The van der Waals surface area contributed by atoms with Crippen LogP contribution in [0.25, 0.3) is 5.57 Å². The van der Waals surface area contributed by atoms with Crippen molar-refractivity contribution in [1.29, 1.82) is 0 Å². The molecule has 8 heteroatoms. The first-order valence-corrected chi connectivity index (χ1v) is 10.0. The fraction of sp³-hybridized carbons (Fsp3) is 0.304. The number of carbonyl (C=O) groups excluding carboxylic acids is 1. The number of rotatable bonds is 2. The van der Waals surface area contributed by atoms with Gasteiger partial charge in [0.2, 0.25) is 0 Å². The maximum Gasteiger partial charge on any atom is 0.454 e. The van der Waals surface area contributed by atoms with Gasteiger partial charge in [-0.15, -0.1) is 0 Å². The molecule has 160 valence electrons. The van der Waals surface area contributed by atoms with Crippen LogP contribution in [0, 0.1) is 0 Å². The van der Waals surface area contributed by atoms with E-state index in [2.05, 4.69) is 5.32 Å². The molecular formula is C23H18F3NO4. The number of fused-ring (bicyclic) bond motifs is 4. The summed E-state index contributed by atoms with van der Waals surface area (Å²) >= 11 is 0. The number of piperidine rings is 1. The maximum atomic E-state index is 13.4. The molecule has 0 saturated carbocycles. The molecule has 0 amide bonds. The van der Waals surface area contributed by atoms with Crippen molar-refractivity contribution in [2.75, 3.05) is 0 Å². The number of benzene rings is 2. The van der Waals surface area contributed by atoms with Gasteiger partial charge in [-0.1, -0.05) is 29.8 Å². The van der Waals surface area contributed by atoms with Crippen molar-refractivity contribution < 1.29 is 32.6 Å². The lowest BCUT2D eigenvalue weighted by molar-refractivity contribution is -0.0885. The minimum atomic E-state index is -5.04. The highest BCUT2D eigenvalue weighted by Gasteiger charge is 2.43. The Balaban J connectivity index is 1.80. The molecule has 2 fully saturated rings. The molecule has 2 N–H and O–H groups in total. The van der Waals surface area contributed by atoms with Gasteiger partial charge < -0.3 is 15.2 Å². The quantitative estimate of drug-likeness (QED) is 0.564. The predicted octanol–water partition coefficient (Wildman–Crippen LogP) is 4.95. The number of para-hydroxylation sites is 1. The molecule has 3 aliphatic rings. The first kappa shape index (κ1) is 19.8. The molecule has 0 aliphatic carbocycles. The van der Waals surface area contributed by atoms with Crippen LogP contribution in [0.2, 0.25) is 0 Å². The average Bonchev–Trinajstić information content (AvgIpc) is 3.07. The lowest BCUT2D eigenvalue weighted by Crippen LogP contribution is -2.35. The molecule has 3 aliphatic heterocycles. The summed E-state index contributed by atoms with van der Waals surface area (Å²) in [6.45, 7) is 0. The minimum absolute atomic E-state index is 0.0599. The second kappa shape index (κ2) is 6.95. The molecule has 2 unspecified atom stereocenters. The number of hydrogen-bond acceptors (Lipinski definition) is 4. The van der Waals surface area contributed by atoms with E-state index in [4.69, 9.17) is 4.74 Å². The predicted molar refractivity (Wildman–Crippen MR) is 106 cm³/mol. The van der Waals surface area contributed by atoms with Crippen LogP contribution in [0.3, 0.4) is 0 Å². The van der Waals surface area contributed by atoms with Crippen molar-refractivity contribution in [2.45, 2.75) is 43.9 Å². The molecule has 0 radical (unpaired) electrons. The molecule has 31 heavy (non-hydrogen) atoms. The molecule has 3 heterocycles. The largest absolute Gasteiger partial charge is 0.478 e. The Bertz CT molecular complexity index is 1140. The number of hydrogen-bond donors (Lipinski definition) is 2. The summed E-state index contributed by atoms with van der Waals surface area (Å²) in [5.74, 6) is -2.99. The molecule has 2 bridgehead atoms. The molecule has 0 spiro atoms. The number of ether oxygens (including phenoxy) is 1. The summed E-state index contributed by atoms with van der Waals surface area (Å²) in [4.78, 5) is 24.1. The lowest BCUT2D eigenvalue weighted by Gasteiger charge is -2.32. The number of carboxylic acids is 1. The van der Waals surface area contributed by atoms with E-state index < -0.39 is 23.5 Å². The van der Waals surface area contributed by atoms with Gasteiger partial charge in [0.25, 0.3) is 5.78 Å². The van der Waals surface area contributed by atoms with Crippen molar-refractivity contribution in [3.05, 3.63) is 64.2 Å². The number of Topliss-reactive ketones (excluding diaryl/α,β-unsaturated/α-hetero) is 1. The lowest BCUT2D eigenvalue weighted by atomic mass is 9.81. The highest BCUT2D eigenvalue weighted by Crippen LogP contribution is 2.50. The van der Waals surface area contributed by atoms with Crippen molar-refractivity contribution in [3.63, 3.8) is 0 Å². The van der Waals surface area contributed by atoms with E-state index in [1.54, 1.807) is 12.1 Å². The third-order valence-corrected chi connectivity index (χ3v) is 6.18. The van der Waals surface area contributed by atoms with Crippen LogP contribution >= 0.6 is 0 Å². The van der Waals surface area contributed by atoms with Gasteiger partial charge in [-0.3, -0.25) is 4.79 Å². The zero-order chi connectivity index (χ0) is 21.9. The number of alkyl halides is 3. The van der Waals surface area contributed by atoms with E-state index in [1.165, 1.54) is 18.2 Å². The van der Waals surface area contributed by atoms with Crippen molar-refractivity contribution >= 4 is 17.3 Å². The van der Waals surface area contributed by atoms with Crippen molar-refractivity contribution in [3.8, 4) is 11.5 Å². The summed E-state index contributed by atoms with van der Waals surface area (Å²) < 4.78 is 46.0. The van der Waals surface area contributed by atoms with E-state index in [9.17, 15) is 27.9 Å². The van der Waals surface area contributed by atoms with Crippen LogP contribution in [0.4, 0.5) is 13.2 Å². The number of halogens is 3. The van der Waals surface area contributed by atoms with Crippen LogP contribution in [-0.2, 0) is 0 Å². The second-order valence-electron chi connectivity index (χ2n) is 8.12. The summed E-state index contributed by atoms with van der Waals surface area (Å²) in [5, 5.41) is 13.1. The van der Waals surface area contributed by atoms with Crippen LogP contribution in [0.5, 0.6) is 11.5 Å². The summed E-state index contributed by atoms with van der Waals surface area (Å²) in [5.41, 5.74) is 1.35. The van der Waals surface area contributed by atoms with E-state index in [0.717, 1.165) is 24.5 Å². The van der Waals surface area contributed by atoms with Gasteiger partial charge in [-0.25, -0.2) is 4.79 Å². The molecular weight excluding hydrogens is 411 g/mol. The van der Waals surface area contributed by atoms with E-state index in [-0.39, 0.29) is 34.7 Å². The van der Waals surface area contributed by atoms with Crippen LogP contribution < -0.4 is 10.1 Å². The van der Waals surface area contributed by atoms with Crippen molar-refractivity contribution in [1.82, 2.24) is 5.32 Å². The van der Waals surface area contributed by atoms with Crippen LogP contribution in [-0.4, -0.2) is 35.1 Å². The smallest absolute Gasteiger partial charge is 0.454 e. The summed E-state index contributed by atoms with van der Waals surface area (Å²) in [6, 6.07) is 8.95. The number of carboxylic acid groups (broad SMARTS) is 1. The van der Waals surface area contributed by atoms with Crippen molar-refractivity contribution in [2.24, 2.45) is 0 Å². The van der Waals surface area contributed by atoms with Gasteiger partial charge in [0.05, 0.1) is 0 Å². The third-order valence-electron chi connectivity index (χ3n) is 6.18. The van der Waals surface area contributed by atoms with Gasteiger partial charge in [-0.05, 0) is 43.4 Å². The molecule has 2 saturated heterocycles. The number of nitrogens with one attached hydrogen (secondary N) is 1. The van der Waals surface area contributed by atoms with Gasteiger partial charge >= 0.3 is 12.1 Å². The van der Waals surface area contributed by atoms with E-state index in [0.29, 0.717) is 24.0 Å². The number of ketones is 1. The Hall–Kier alpha value is -3.13. The normalized spacial score (nSPS) is 21.9. The SMILES string of the molecule is O=C(O)c1cccc2c1Oc1cccc(C(=O)C(F)(F)F)c1C2=C1CC2CCC(C1)N2. The Kier molecular flexibility index (Phi) is 4.44. The van der Waals surface area contributed by atoms with Crippen LogP contribution in [0.1, 0.15) is 57.5 Å². The maximum absolute atomic E-state index is 13.4. The molecule has 0 aromatic heterocycles. The molecule has 2 atom stereocenters. The summed E-state index contributed by atoms with van der Waals surface area (Å²) in [6.07, 6.45) is -1.86. The Labute approximate surface area is 175 Å². The Morgan fingerprint density at radius 2 is 1.65 bits per heavy atom. The second-order valence-corrected chi connectivity index (χ2v) is 8.12. The zero-order valence-corrected chi connectivity index (χ0v) is 16.3. The average molecular weight is 429 g/mol. The molecule has 2 aromatic carbocycles. The third kappa shape index (κ3) is 3.22. The molecule has 5 rings (SSSR count). The first-order chi connectivity index (χ1) is 14.7. The minimum Gasteiger partial charge on any atom is -0.478 e. The number of aromatic carboxylic acids is 1. The standard InChI is InChI=1S/C23H18F3NO4/c24-23(25,26)21(28)15-4-2-6-17-19(15)18(11-9-12-7-8-13(10-11)27-12)14-3-1-5-16(22(29)30)20(14)31-17/h1-6,12-13,27H,7-10H2,(H,29,30). The highest BCUT2D eigenvalue weighted by molar-refractivity contribution is 6.08. The van der Waals surface area contributed by atoms with Gasteiger partial charge in [0.15, 0.2) is 0 Å². The van der Waals surface area contributed by atoms with Gasteiger partial charge in [0, 0.05) is 28.8 Å². The van der Waals surface area contributed by atoms with Gasteiger partial charge in [0.1, 0.15) is 17.1 Å². The van der Waals surface area contributed by atoms with Crippen LogP contribution in [0.15, 0.2) is 42.0 Å². The fourth-order valence-electron chi connectivity index (χ4n) is 4.95. The van der Waals surface area contributed by atoms with Gasteiger partial charge in [-0.2, -0.15) is 13.2 Å². The Morgan fingerprint density at radius 3 is 2.29 bits per heavy atom. The molecule has 2 aromatic rings. The monoisotopic (exact) mass is 429 g/mol. The first-order valence-electron chi connectivity index (χ1n) is 10.0. The number of carbonyl (C=O) groups is 2. The highest BCUT2D eigenvalue weighted by atomic mass is 19.4. The topological polar surface area (TPSA) is 75.6 Å². The Morgan fingerprint density at radius 1 is 1.00 bits per heavy atom.